The Morgan fingerprint density at radius 1 is 1.11 bits per heavy atom. The summed E-state index contributed by atoms with van der Waals surface area (Å²) in [7, 11) is 1.60. The minimum absolute atomic E-state index is 0.0808. The van der Waals surface area contributed by atoms with Crippen LogP contribution in [0.3, 0.4) is 0 Å². The Kier molecular flexibility index (Phi) is 6.21. The number of esters is 1. The Hall–Kier alpha value is -2.99. The van der Waals surface area contributed by atoms with Gasteiger partial charge in [-0.2, -0.15) is 0 Å². The van der Waals surface area contributed by atoms with Crippen molar-refractivity contribution in [3.63, 3.8) is 0 Å². The fraction of sp³-hybridized carbons (Fsp3) is 0.238. The topological polar surface area (TPSA) is 67.9 Å². The molecule has 0 aliphatic carbocycles. The zero-order valence-corrected chi connectivity index (χ0v) is 16.4. The SMILES string of the molecule is CC1=C(C(=O)OCCOc2ccccc2)[C@H](c2ccccc2Cl)NC(=O)N1C. The van der Waals surface area contributed by atoms with E-state index in [1.54, 1.807) is 38.2 Å². The number of nitrogens with zero attached hydrogens (tertiary/aromatic N) is 1. The highest BCUT2D eigenvalue weighted by Gasteiger charge is 2.35. The van der Waals surface area contributed by atoms with Crippen molar-refractivity contribution in [3.05, 3.63) is 76.5 Å². The summed E-state index contributed by atoms with van der Waals surface area (Å²) in [5, 5.41) is 3.27. The summed E-state index contributed by atoms with van der Waals surface area (Å²) in [4.78, 5) is 26.4. The van der Waals surface area contributed by atoms with Gasteiger partial charge in [0.05, 0.1) is 11.6 Å². The molecule has 3 rings (SSSR count). The van der Waals surface area contributed by atoms with Crippen LogP contribution in [0, 0.1) is 0 Å². The van der Waals surface area contributed by atoms with Crippen LogP contribution in [0.1, 0.15) is 18.5 Å². The number of rotatable bonds is 6. The maximum atomic E-state index is 12.8. The van der Waals surface area contributed by atoms with Gasteiger partial charge in [-0.25, -0.2) is 9.59 Å². The molecule has 1 N–H and O–H groups in total. The monoisotopic (exact) mass is 400 g/mol. The molecular formula is C21H21ClN2O4. The number of allylic oxidation sites excluding steroid dienone is 1. The highest BCUT2D eigenvalue weighted by molar-refractivity contribution is 6.31. The lowest BCUT2D eigenvalue weighted by molar-refractivity contribution is -0.140. The van der Waals surface area contributed by atoms with Gasteiger partial charge in [0, 0.05) is 17.8 Å². The summed E-state index contributed by atoms with van der Waals surface area (Å²) >= 11 is 6.29. The zero-order valence-electron chi connectivity index (χ0n) is 15.6. The van der Waals surface area contributed by atoms with Crippen molar-refractivity contribution in [2.75, 3.05) is 20.3 Å². The molecule has 146 valence electrons. The van der Waals surface area contributed by atoms with E-state index >= 15 is 0 Å². The van der Waals surface area contributed by atoms with Gasteiger partial charge in [-0.1, -0.05) is 48.0 Å². The molecule has 0 saturated heterocycles. The summed E-state index contributed by atoms with van der Waals surface area (Å²) in [5.74, 6) is 0.179. The Morgan fingerprint density at radius 2 is 1.79 bits per heavy atom. The predicted octanol–water partition coefficient (Wildman–Crippen LogP) is 3.93. The first-order valence-electron chi connectivity index (χ1n) is 8.83. The Labute approximate surface area is 168 Å². The number of carbonyl (C=O) groups is 2. The van der Waals surface area contributed by atoms with E-state index < -0.39 is 12.0 Å². The highest BCUT2D eigenvalue weighted by atomic mass is 35.5. The number of halogens is 1. The maximum Gasteiger partial charge on any atom is 0.338 e. The number of amides is 2. The van der Waals surface area contributed by atoms with E-state index in [4.69, 9.17) is 21.1 Å². The second kappa shape index (κ2) is 8.80. The van der Waals surface area contributed by atoms with E-state index in [0.717, 1.165) is 0 Å². The molecule has 2 amide bonds. The number of hydrogen-bond donors (Lipinski definition) is 1. The molecule has 0 aromatic heterocycles. The van der Waals surface area contributed by atoms with Crippen LogP contribution in [0.5, 0.6) is 5.75 Å². The molecule has 1 heterocycles. The summed E-state index contributed by atoms with van der Waals surface area (Å²) in [6.07, 6.45) is 0. The lowest BCUT2D eigenvalue weighted by atomic mass is 9.95. The highest BCUT2D eigenvalue weighted by Crippen LogP contribution is 2.34. The quantitative estimate of drug-likeness (QED) is 0.589. The molecule has 0 saturated carbocycles. The standard InChI is InChI=1S/C21H21ClN2O4/c1-14-18(20(25)28-13-12-27-15-8-4-3-5-9-15)19(23-21(26)24(14)2)16-10-6-7-11-17(16)22/h3-11,19H,12-13H2,1-2H3,(H,23,26)/t19-/m0/s1. The van der Waals surface area contributed by atoms with Gasteiger partial charge in [-0.3, -0.25) is 0 Å². The Balaban J connectivity index is 1.74. The van der Waals surface area contributed by atoms with Gasteiger partial charge in [0.15, 0.2) is 0 Å². The summed E-state index contributed by atoms with van der Waals surface area (Å²) in [6.45, 7) is 2.01. The van der Waals surface area contributed by atoms with Crippen LogP contribution in [0.15, 0.2) is 65.9 Å². The van der Waals surface area contributed by atoms with Crippen molar-refractivity contribution in [3.8, 4) is 5.75 Å². The normalized spacial score (nSPS) is 16.6. The number of para-hydroxylation sites is 1. The third-order valence-corrected chi connectivity index (χ3v) is 4.86. The van der Waals surface area contributed by atoms with Crippen LogP contribution in [0.2, 0.25) is 5.02 Å². The molecule has 0 spiro atoms. The second-order valence-electron chi connectivity index (χ2n) is 6.26. The Bertz CT molecular complexity index is 898. The van der Waals surface area contributed by atoms with Crippen molar-refractivity contribution < 1.29 is 19.1 Å². The molecule has 0 fully saturated rings. The number of ether oxygens (including phenoxy) is 2. The van der Waals surface area contributed by atoms with Crippen LogP contribution < -0.4 is 10.1 Å². The van der Waals surface area contributed by atoms with Crippen molar-refractivity contribution in [2.45, 2.75) is 13.0 Å². The van der Waals surface area contributed by atoms with E-state index in [-0.39, 0.29) is 19.2 Å². The van der Waals surface area contributed by atoms with Gasteiger partial charge < -0.3 is 19.7 Å². The number of hydrogen-bond acceptors (Lipinski definition) is 4. The average Bonchev–Trinajstić information content (AvgIpc) is 2.70. The first-order chi connectivity index (χ1) is 13.5. The molecule has 2 aromatic rings. The van der Waals surface area contributed by atoms with Gasteiger partial charge in [-0.15, -0.1) is 0 Å². The lowest BCUT2D eigenvalue weighted by Gasteiger charge is -2.33. The maximum absolute atomic E-state index is 12.8. The smallest absolute Gasteiger partial charge is 0.338 e. The molecular weight excluding hydrogens is 380 g/mol. The van der Waals surface area contributed by atoms with Gasteiger partial charge in [-0.05, 0) is 30.7 Å². The lowest BCUT2D eigenvalue weighted by Crippen LogP contribution is -2.46. The predicted molar refractivity (Wildman–Crippen MR) is 106 cm³/mol. The van der Waals surface area contributed by atoms with Crippen molar-refractivity contribution in [1.82, 2.24) is 10.2 Å². The third kappa shape index (κ3) is 4.28. The van der Waals surface area contributed by atoms with E-state index in [9.17, 15) is 9.59 Å². The minimum Gasteiger partial charge on any atom is -0.490 e. The fourth-order valence-electron chi connectivity index (χ4n) is 2.93. The van der Waals surface area contributed by atoms with E-state index in [0.29, 0.717) is 27.6 Å². The number of benzene rings is 2. The van der Waals surface area contributed by atoms with Crippen LogP contribution in [0.25, 0.3) is 0 Å². The zero-order chi connectivity index (χ0) is 20.1. The summed E-state index contributed by atoms with van der Waals surface area (Å²) < 4.78 is 11.0. The van der Waals surface area contributed by atoms with E-state index in [2.05, 4.69) is 5.32 Å². The first-order valence-corrected chi connectivity index (χ1v) is 9.21. The van der Waals surface area contributed by atoms with Crippen molar-refractivity contribution in [1.29, 1.82) is 0 Å². The van der Waals surface area contributed by atoms with Crippen molar-refractivity contribution >= 4 is 23.6 Å². The molecule has 1 atom stereocenters. The van der Waals surface area contributed by atoms with Gasteiger partial charge in [0.1, 0.15) is 19.0 Å². The summed E-state index contributed by atoms with van der Waals surface area (Å²) in [6, 6.07) is 15.4. The average molecular weight is 401 g/mol. The van der Waals surface area contributed by atoms with Crippen LogP contribution in [-0.2, 0) is 9.53 Å². The Morgan fingerprint density at radius 3 is 2.50 bits per heavy atom. The van der Waals surface area contributed by atoms with E-state index in [1.165, 1.54) is 4.90 Å². The second-order valence-corrected chi connectivity index (χ2v) is 6.67. The third-order valence-electron chi connectivity index (χ3n) is 4.52. The van der Waals surface area contributed by atoms with E-state index in [1.807, 2.05) is 30.3 Å². The number of urea groups is 1. The number of carbonyl (C=O) groups excluding carboxylic acids is 2. The van der Waals surface area contributed by atoms with Gasteiger partial charge >= 0.3 is 12.0 Å². The molecule has 0 radical (unpaired) electrons. The summed E-state index contributed by atoms with van der Waals surface area (Å²) in [5.41, 5.74) is 1.50. The minimum atomic E-state index is -0.681. The molecule has 7 heteroatoms. The largest absolute Gasteiger partial charge is 0.490 e. The van der Waals surface area contributed by atoms with Gasteiger partial charge in [0.25, 0.3) is 0 Å². The molecule has 2 aromatic carbocycles. The molecule has 1 aliphatic heterocycles. The molecule has 28 heavy (non-hydrogen) atoms. The molecule has 0 bridgehead atoms. The van der Waals surface area contributed by atoms with Gasteiger partial charge in [0.2, 0.25) is 0 Å². The van der Waals surface area contributed by atoms with Crippen LogP contribution >= 0.6 is 11.6 Å². The van der Waals surface area contributed by atoms with Crippen LogP contribution in [-0.4, -0.2) is 37.2 Å². The first kappa shape index (κ1) is 19.8. The van der Waals surface area contributed by atoms with Crippen LogP contribution in [0.4, 0.5) is 4.79 Å². The fourth-order valence-corrected chi connectivity index (χ4v) is 3.18. The number of nitrogens with one attached hydrogen (secondary N) is 1. The molecule has 0 unspecified atom stereocenters. The molecule has 6 nitrogen and oxygen atoms in total. The van der Waals surface area contributed by atoms with Crippen molar-refractivity contribution in [2.24, 2.45) is 0 Å². The molecule has 1 aliphatic rings.